The Balaban J connectivity index is 1.56. The zero-order valence-corrected chi connectivity index (χ0v) is 15.9. The fraction of sp³-hybridized carbons (Fsp3) is 0.0556. The number of amides is 1. The number of hydrogen-bond acceptors (Lipinski definition) is 6. The van der Waals surface area contributed by atoms with Gasteiger partial charge >= 0.3 is 0 Å². The lowest BCUT2D eigenvalue weighted by Gasteiger charge is -2.05. The molecular formula is C18H14ClN5O3S. The molecule has 8 nitrogen and oxygen atoms in total. The summed E-state index contributed by atoms with van der Waals surface area (Å²) in [5.74, 6) is 0.140. The molecule has 0 aliphatic carbocycles. The van der Waals surface area contributed by atoms with Crippen molar-refractivity contribution in [1.82, 2.24) is 15.2 Å². The van der Waals surface area contributed by atoms with Crippen molar-refractivity contribution in [2.75, 3.05) is 11.1 Å². The van der Waals surface area contributed by atoms with Crippen molar-refractivity contribution in [2.45, 2.75) is 5.16 Å². The van der Waals surface area contributed by atoms with Gasteiger partial charge in [0.25, 0.3) is 5.69 Å². The quantitative estimate of drug-likeness (QED) is 0.338. The highest BCUT2D eigenvalue weighted by molar-refractivity contribution is 7.99. The first-order chi connectivity index (χ1) is 13.5. The largest absolute Gasteiger partial charge is 0.320 e. The van der Waals surface area contributed by atoms with Crippen molar-refractivity contribution in [3.8, 4) is 0 Å². The number of anilines is 1. The number of H-pyrrole nitrogens is 1. The van der Waals surface area contributed by atoms with Crippen LogP contribution in [0.5, 0.6) is 0 Å². The summed E-state index contributed by atoms with van der Waals surface area (Å²) < 4.78 is 0. The van der Waals surface area contributed by atoms with E-state index in [9.17, 15) is 14.9 Å². The third-order valence-corrected chi connectivity index (χ3v) is 4.56. The number of aromatic amines is 1. The van der Waals surface area contributed by atoms with Crippen molar-refractivity contribution >= 4 is 52.8 Å². The predicted molar refractivity (Wildman–Crippen MR) is 109 cm³/mol. The smallest absolute Gasteiger partial charge is 0.294 e. The number of halogens is 1. The summed E-state index contributed by atoms with van der Waals surface area (Å²) in [4.78, 5) is 26.8. The van der Waals surface area contributed by atoms with Gasteiger partial charge in [0.1, 0.15) is 11.5 Å². The van der Waals surface area contributed by atoms with Crippen LogP contribution >= 0.6 is 23.4 Å². The van der Waals surface area contributed by atoms with E-state index < -0.39 is 10.8 Å². The maximum Gasteiger partial charge on any atom is 0.294 e. The highest BCUT2D eigenvalue weighted by Gasteiger charge is 2.17. The number of benzene rings is 2. The molecule has 1 heterocycles. The molecule has 0 aliphatic rings. The molecule has 2 N–H and O–H groups in total. The lowest BCUT2D eigenvalue weighted by atomic mass is 10.2. The van der Waals surface area contributed by atoms with Crippen LogP contribution in [0, 0.1) is 10.1 Å². The van der Waals surface area contributed by atoms with Crippen molar-refractivity contribution in [3.05, 3.63) is 75.1 Å². The first-order valence-corrected chi connectivity index (χ1v) is 9.40. The van der Waals surface area contributed by atoms with E-state index in [-0.39, 0.29) is 22.2 Å². The van der Waals surface area contributed by atoms with Gasteiger partial charge < -0.3 is 5.32 Å². The molecule has 1 amide bonds. The van der Waals surface area contributed by atoms with Gasteiger partial charge in [-0.1, -0.05) is 59.8 Å². The van der Waals surface area contributed by atoms with Crippen LogP contribution in [0.25, 0.3) is 12.2 Å². The van der Waals surface area contributed by atoms with E-state index in [2.05, 4.69) is 20.5 Å². The minimum absolute atomic E-state index is 0.000522. The van der Waals surface area contributed by atoms with E-state index in [0.29, 0.717) is 11.0 Å². The van der Waals surface area contributed by atoms with Gasteiger partial charge in [-0.25, -0.2) is 4.98 Å². The zero-order chi connectivity index (χ0) is 19.9. The highest BCUT2D eigenvalue weighted by atomic mass is 35.5. The fourth-order valence-electron chi connectivity index (χ4n) is 2.21. The van der Waals surface area contributed by atoms with E-state index in [0.717, 1.165) is 17.3 Å². The Kier molecular flexibility index (Phi) is 6.41. The second kappa shape index (κ2) is 9.16. The van der Waals surface area contributed by atoms with Crippen molar-refractivity contribution in [3.63, 3.8) is 0 Å². The van der Waals surface area contributed by atoms with Crippen LogP contribution < -0.4 is 5.32 Å². The van der Waals surface area contributed by atoms with Gasteiger partial charge in [-0.05, 0) is 23.8 Å². The second-order valence-electron chi connectivity index (χ2n) is 5.50. The third-order valence-electron chi connectivity index (χ3n) is 3.48. The standard InChI is InChI=1S/C18H14ClN5O3S/c19-13-7-8-14(15(10-13)24(26)27)20-17(25)11-28-18-21-16(22-23-18)9-6-12-4-2-1-3-5-12/h1-10H,11H2,(H,20,25)(H,21,22,23)/b9-6+. The molecule has 0 saturated carbocycles. The van der Waals surface area contributed by atoms with Gasteiger partial charge in [0.05, 0.1) is 10.7 Å². The van der Waals surface area contributed by atoms with E-state index in [1.165, 1.54) is 18.2 Å². The monoisotopic (exact) mass is 415 g/mol. The van der Waals surface area contributed by atoms with Crippen LogP contribution in [0.4, 0.5) is 11.4 Å². The molecule has 142 valence electrons. The average molecular weight is 416 g/mol. The van der Waals surface area contributed by atoms with Gasteiger partial charge in [-0.15, -0.1) is 5.10 Å². The summed E-state index contributed by atoms with van der Waals surface area (Å²) >= 11 is 6.87. The molecule has 0 atom stereocenters. The minimum Gasteiger partial charge on any atom is -0.320 e. The lowest BCUT2D eigenvalue weighted by molar-refractivity contribution is -0.383. The van der Waals surface area contributed by atoms with E-state index in [4.69, 9.17) is 11.6 Å². The van der Waals surface area contributed by atoms with Crippen molar-refractivity contribution in [1.29, 1.82) is 0 Å². The average Bonchev–Trinajstić information content (AvgIpc) is 3.15. The zero-order valence-electron chi connectivity index (χ0n) is 14.3. The molecule has 28 heavy (non-hydrogen) atoms. The van der Waals surface area contributed by atoms with Gasteiger partial charge in [0.2, 0.25) is 11.1 Å². The number of carbonyl (C=O) groups is 1. The first kappa shape index (κ1) is 19.6. The van der Waals surface area contributed by atoms with E-state index in [1.54, 1.807) is 6.08 Å². The summed E-state index contributed by atoms with van der Waals surface area (Å²) in [6.45, 7) is 0. The molecule has 0 radical (unpaired) electrons. The van der Waals surface area contributed by atoms with Crippen LogP contribution in [0.15, 0.2) is 53.7 Å². The molecule has 0 saturated heterocycles. The summed E-state index contributed by atoms with van der Waals surface area (Å²) in [5.41, 5.74) is 0.843. The molecular weight excluding hydrogens is 402 g/mol. The Labute approximate surface area is 169 Å². The molecule has 3 aromatic rings. The van der Waals surface area contributed by atoms with Crippen LogP contribution in [-0.2, 0) is 4.79 Å². The number of rotatable bonds is 7. The Morgan fingerprint density at radius 3 is 2.79 bits per heavy atom. The number of thioether (sulfide) groups is 1. The number of nitro groups is 1. The molecule has 1 aromatic heterocycles. The fourth-order valence-corrected chi connectivity index (χ4v) is 2.99. The molecule has 0 bridgehead atoms. The minimum atomic E-state index is -0.602. The van der Waals surface area contributed by atoms with Crippen molar-refractivity contribution in [2.24, 2.45) is 0 Å². The normalized spacial score (nSPS) is 10.9. The maximum absolute atomic E-state index is 12.1. The topological polar surface area (TPSA) is 114 Å². The van der Waals surface area contributed by atoms with E-state index in [1.807, 2.05) is 36.4 Å². The van der Waals surface area contributed by atoms with Crippen LogP contribution in [-0.4, -0.2) is 31.8 Å². The molecule has 0 aliphatic heterocycles. The van der Waals surface area contributed by atoms with Gasteiger partial charge in [0.15, 0.2) is 0 Å². The number of hydrogen-bond donors (Lipinski definition) is 2. The van der Waals surface area contributed by atoms with E-state index >= 15 is 0 Å². The highest BCUT2D eigenvalue weighted by Crippen LogP contribution is 2.28. The molecule has 0 spiro atoms. The number of nitrogens with one attached hydrogen (secondary N) is 2. The van der Waals surface area contributed by atoms with Crippen molar-refractivity contribution < 1.29 is 9.72 Å². The maximum atomic E-state index is 12.1. The third kappa shape index (κ3) is 5.41. The molecule has 0 unspecified atom stereocenters. The summed E-state index contributed by atoms with van der Waals surface area (Å²) in [6, 6.07) is 13.8. The lowest BCUT2D eigenvalue weighted by Crippen LogP contribution is -2.15. The molecule has 10 heteroatoms. The summed E-state index contributed by atoms with van der Waals surface area (Å²) in [7, 11) is 0. The van der Waals surface area contributed by atoms with Crippen LogP contribution in [0.2, 0.25) is 5.02 Å². The molecule has 3 rings (SSSR count). The Hall–Kier alpha value is -3.17. The van der Waals surface area contributed by atoms with Gasteiger partial charge in [0, 0.05) is 11.1 Å². The van der Waals surface area contributed by atoms with Crippen LogP contribution in [0.1, 0.15) is 11.4 Å². The first-order valence-electron chi connectivity index (χ1n) is 8.03. The number of aromatic nitrogens is 3. The van der Waals surface area contributed by atoms with Crippen LogP contribution in [0.3, 0.4) is 0 Å². The SMILES string of the molecule is O=C(CSc1n[nH]c(/C=C/c2ccccc2)n1)Nc1ccc(Cl)cc1[N+](=O)[O-]. The number of nitrogens with zero attached hydrogens (tertiary/aromatic N) is 3. The van der Waals surface area contributed by atoms with Gasteiger partial charge in [-0.2, -0.15) is 0 Å². The summed E-state index contributed by atoms with van der Waals surface area (Å²) in [6.07, 6.45) is 3.67. The summed E-state index contributed by atoms with van der Waals surface area (Å²) in [5, 5.41) is 21.0. The Bertz CT molecular complexity index is 1020. The molecule has 2 aromatic carbocycles. The van der Waals surface area contributed by atoms with Gasteiger partial charge in [-0.3, -0.25) is 20.0 Å². The second-order valence-corrected chi connectivity index (χ2v) is 6.88. The number of carbonyl (C=O) groups excluding carboxylic acids is 1. The Morgan fingerprint density at radius 2 is 2.04 bits per heavy atom. The predicted octanol–water partition coefficient (Wildman–Crippen LogP) is 4.27. The Morgan fingerprint density at radius 1 is 1.25 bits per heavy atom. The number of nitro benzene ring substituents is 1. The molecule has 0 fully saturated rings.